The number of nitrogens with two attached hydrogens (primary N) is 1. The minimum absolute atomic E-state index is 0.247. The number of pyridine rings is 1. The summed E-state index contributed by atoms with van der Waals surface area (Å²) >= 11 is 6.78. The van der Waals surface area contributed by atoms with Gasteiger partial charge in [-0.3, -0.25) is 9.36 Å². The summed E-state index contributed by atoms with van der Waals surface area (Å²) in [5, 5.41) is 10.1. The van der Waals surface area contributed by atoms with E-state index in [1.807, 2.05) is 29.4 Å². The van der Waals surface area contributed by atoms with E-state index in [1.165, 1.54) is 12.8 Å². The van der Waals surface area contributed by atoms with E-state index < -0.39 is 0 Å². The van der Waals surface area contributed by atoms with Gasteiger partial charge in [-0.2, -0.15) is 10.2 Å². The Morgan fingerprint density at radius 2 is 2.03 bits per heavy atom. The molecule has 1 saturated carbocycles. The van der Waals surface area contributed by atoms with Crippen molar-refractivity contribution >= 4 is 17.4 Å². The van der Waals surface area contributed by atoms with Crippen LogP contribution in [0.3, 0.4) is 0 Å². The first-order valence-electron chi connectivity index (χ1n) is 11.7. The van der Waals surface area contributed by atoms with E-state index in [9.17, 15) is 0 Å². The van der Waals surface area contributed by atoms with Crippen LogP contribution in [0.2, 0.25) is 5.15 Å². The van der Waals surface area contributed by atoms with Crippen molar-refractivity contribution in [3.8, 4) is 28.3 Å². The molecule has 4 aromatic rings. The van der Waals surface area contributed by atoms with Gasteiger partial charge in [0, 0.05) is 60.2 Å². The lowest BCUT2D eigenvalue weighted by molar-refractivity contribution is 0.228. The van der Waals surface area contributed by atoms with Crippen LogP contribution >= 0.6 is 11.6 Å². The van der Waals surface area contributed by atoms with Gasteiger partial charge < -0.3 is 10.5 Å². The molecule has 1 unspecified atom stereocenters. The summed E-state index contributed by atoms with van der Waals surface area (Å²) in [5.74, 6) is 1.56. The van der Waals surface area contributed by atoms with Gasteiger partial charge in [-0.1, -0.05) is 35.4 Å². The number of halogens is 1. The average molecular weight is 475 g/mol. The number of aromatic nitrogens is 5. The molecule has 174 valence electrons. The molecule has 6 rings (SSSR count). The van der Waals surface area contributed by atoms with Gasteiger partial charge in [0.1, 0.15) is 6.10 Å². The van der Waals surface area contributed by atoms with Crippen molar-refractivity contribution in [3.05, 3.63) is 64.1 Å². The Kier molecular flexibility index (Phi) is 4.92. The molecular weight excluding hydrogens is 448 g/mol. The van der Waals surface area contributed by atoms with Crippen LogP contribution in [0.5, 0.6) is 5.75 Å². The SMILES string of the molecule is Cc1ccc2c(c1)C(C)Oc1cc(cnc1N)-c1c(c(Cl)nn1CC1CC1)Cc1cn(C)nc1-2. The van der Waals surface area contributed by atoms with Crippen LogP contribution < -0.4 is 10.5 Å². The van der Waals surface area contributed by atoms with Gasteiger partial charge in [0.05, 0.1) is 11.4 Å². The molecule has 0 spiro atoms. The zero-order valence-corrected chi connectivity index (χ0v) is 20.3. The van der Waals surface area contributed by atoms with Crippen molar-refractivity contribution in [2.75, 3.05) is 5.73 Å². The molecule has 1 aliphatic carbocycles. The summed E-state index contributed by atoms with van der Waals surface area (Å²) < 4.78 is 10.3. The second kappa shape index (κ2) is 7.87. The first-order chi connectivity index (χ1) is 16.4. The van der Waals surface area contributed by atoms with Gasteiger partial charge in [0.25, 0.3) is 0 Å². The summed E-state index contributed by atoms with van der Waals surface area (Å²) in [4.78, 5) is 4.48. The van der Waals surface area contributed by atoms with Crippen molar-refractivity contribution in [1.29, 1.82) is 0 Å². The summed E-state index contributed by atoms with van der Waals surface area (Å²) in [6.45, 7) is 4.96. The van der Waals surface area contributed by atoms with Crippen LogP contribution in [-0.4, -0.2) is 24.5 Å². The molecule has 1 aliphatic heterocycles. The Bertz CT molecular complexity index is 1420. The topological polar surface area (TPSA) is 83.8 Å². The number of aryl methyl sites for hydroxylation is 2. The van der Waals surface area contributed by atoms with E-state index in [1.54, 1.807) is 6.20 Å². The second-order valence-corrected chi connectivity index (χ2v) is 9.91. The van der Waals surface area contributed by atoms with Gasteiger partial charge in [-0.25, -0.2) is 4.98 Å². The van der Waals surface area contributed by atoms with E-state index in [2.05, 4.69) is 36.3 Å². The summed E-state index contributed by atoms with van der Waals surface area (Å²) in [7, 11) is 1.95. The first-order valence-corrected chi connectivity index (χ1v) is 12.1. The number of hydrogen-bond acceptors (Lipinski definition) is 5. The minimum atomic E-state index is -0.247. The molecule has 0 saturated heterocycles. The molecule has 4 heterocycles. The van der Waals surface area contributed by atoms with Gasteiger partial charge in [-0.05, 0) is 38.7 Å². The zero-order valence-electron chi connectivity index (χ0n) is 19.5. The number of anilines is 1. The maximum Gasteiger partial charge on any atom is 0.166 e. The van der Waals surface area contributed by atoms with Crippen molar-refractivity contribution in [3.63, 3.8) is 0 Å². The number of fused-ring (bicyclic) bond motifs is 7. The maximum absolute atomic E-state index is 6.78. The molecule has 8 heteroatoms. The van der Waals surface area contributed by atoms with Gasteiger partial charge >= 0.3 is 0 Å². The Labute approximate surface area is 203 Å². The lowest BCUT2D eigenvalue weighted by atomic mass is 9.93. The third-order valence-electron chi connectivity index (χ3n) is 6.76. The van der Waals surface area contributed by atoms with E-state index >= 15 is 0 Å². The number of hydrogen-bond donors (Lipinski definition) is 1. The lowest BCUT2D eigenvalue weighted by Gasteiger charge is -2.21. The van der Waals surface area contributed by atoms with Crippen LogP contribution in [-0.2, 0) is 20.0 Å². The van der Waals surface area contributed by atoms with Crippen LogP contribution in [0.25, 0.3) is 22.5 Å². The molecule has 1 atom stereocenters. The smallest absolute Gasteiger partial charge is 0.166 e. The Morgan fingerprint density at radius 3 is 2.82 bits per heavy atom. The van der Waals surface area contributed by atoms with Crippen molar-refractivity contribution in [2.24, 2.45) is 13.0 Å². The highest BCUT2D eigenvalue weighted by molar-refractivity contribution is 6.30. The molecule has 2 bridgehead atoms. The highest BCUT2D eigenvalue weighted by atomic mass is 35.5. The fourth-order valence-corrected chi connectivity index (χ4v) is 5.13. The molecular formula is C26H27ClN6O. The Hall–Kier alpha value is -3.32. The van der Waals surface area contributed by atoms with E-state index in [0.29, 0.717) is 29.1 Å². The first kappa shape index (κ1) is 21.2. The van der Waals surface area contributed by atoms with Crippen molar-refractivity contribution in [2.45, 2.75) is 45.8 Å². The van der Waals surface area contributed by atoms with Gasteiger partial charge in [-0.15, -0.1) is 0 Å². The van der Waals surface area contributed by atoms with Gasteiger partial charge in [0.15, 0.2) is 16.7 Å². The zero-order chi connectivity index (χ0) is 23.6. The van der Waals surface area contributed by atoms with E-state index in [0.717, 1.165) is 51.3 Å². The number of nitrogens with zero attached hydrogens (tertiary/aromatic N) is 5. The quantitative estimate of drug-likeness (QED) is 0.423. The van der Waals surface area contributed by atoms with Crippen molar-refractivity contribution < 1.29 is 4.74 Å². The predicted octanol–water partition coefficient (Wildman–Crippen LogP) is 5.34. The number of benzene rings is 1. The summed E-state index contributed by atoms with van der Waals surface area (Å²) in [6, 6.07) is 8.36. The Balaban J connectivity index is 1.62. The van der Waals surface area contributed by atoms with Crippen LogP contribution in [0.15, 0.2) is 36.7 Å². The fraction of sp³-hybridized carbons (Fsp3) is 0.346. The summed E-state index contributed by atoms with van der Waals surface area (Å²) in [5.41, 5.74) is 14.4. The minimum Gasteiger partial charge on any atom is -0.482 e. The third kappa shape index (κ3) is 3.64. The molecule has 1 fully saturated rings. The number of nitrogen functional groups attached to an aromatic ring is 1. The third-order valence-corrected chi connectivity index (χ3v) is 7.06. The maximum atomic E-state index is 6.78. The second-order valence-electron chi connectivity index (χ2n) is 9.55. The standard InChI is InChI=1S/C26H27ClN6O/c1-14-4-7-19-20(8-14)15(2)34-22-10-17(11-29-26(22)28)24-21(9-18-13-32(3)30-23(18)19)25(27)31-33(24)12-16-5-6-16/h4,7-8,10-11,13,15-16H,5-6,9,12H2,1-3H3,(H2,28,29). The number of ether oxygens (including phenoxy) is 1. The monoisotopic (exact) mass is 474 g/mol. The normalized spacial score (nSPS) is 17.1. The molecule has 2 aliphatic rings. The lowest BCUT2D eigenvalue weighted by Crippen LogP contribution is -2.10. The van der Waals surface area contributed by atoms with E-state index in [-0.39, 0.29) is 6.10 Å². The molecule has 7 nitrogen and oxygen atoms in total. The van der Waals surface area contributed by atoms with Crippen LogP contribution in [0.4, 0.5) is 5.82 Å². The van der Waals surface area contributed by atoms with Gasteiger partial charge in [0.2, 0.25) is 0 Å². The largest absolute Gasteiger partial charge is 0.482 e. The molecule has 3 aromatic heterocycles. The highest BCUT2D eigenvalue weighted by Gasteiger charge is 2.29. The number of rotatable bonds is 2. The Morgan fingerprint density at radius 1 is 1.21 bits per heavy atom. The summed E-state index contributed by atoms with van der Waals surface area (Å²) in [6.07, 6.45) is 6.68. The van der Waals surface area contributed by atoms with Crippen LogP contribution in [0.1, 0.15) is 48.1 Å². The molecule has 1 aromatic carbocycles. The molecule has 2 N–H and O–H groups in total. The van der Waals surface area contributed by atoms with Crippen molar-refractivity contribution in [1.82, 2.24) is 24.5 Å². The average Bonchev–Trinajstić information content (AvgIpc) is 3.46. The van der Waals surface area contributed by atoms with Crippen LogP contribution in [0, 0.1) is 12.8 Å². The van der Waals surface area contributed by atoms with E-state index in [4.69, 9.17) is 32.3 Å². The predicted molar refractivity (Wildman–Crippen MR) is 133 cm³/mol. The fourth-order valence-electron chi connectivity index (χ4n) is 4.88. The molecule has 34 heavy (non-hydrogen) atoms. The molecule has 0 radical (unpaired) electrons. The highest BCUT2D eigenvalue weighted by Crippen LogP contribution is 2.41. The molecule has 0 amide bonds.